The molecule has 2 aliphatic rings. The van der Waals surface area contributed by atoms with E-state index < -0.39 is 0 Å². The van der Waals surface area contributed by atoms with Gasteiger partial charge < -0.3 is 14.5 Å². The van der Waals surface area contributed by atoms with Gasteiger partial charge in [0.05, 0.1) is 6.54 Å². The van der Waals surface area contributed by atoms with Crippen LogP contribution in [0.4, 0.5) is 4.79 Å². The second-order valence-electron chi connectivity index (χ2n) is 7.40. The average molecular weight is 359 g/mol. The summed E-state index contributed by atoms with van der Waals surface area (Å²) in [5.74, 6) is 0.687. The number of hydrogen-bond donors (Lipinski definition) is 0. The first-order valence-electron chi connectivity index (χ1n) is 9.53. The molecule has 1 aromatic carbocycles. The zero-order valence-corrected chi connectivity index (χ0v) is 15.8. The monoisotopic (exact) mass is 359 g/mol. The number of carbonyl (C=O) groups excluding carboxylic acids is 2. The minimum atomic E-state index is -0.300. The Bertz CT molecular complexity index is 622. The highest BCUT2D eigenvalue weighted by Gasteiger charge is 2.25. The van der Waals surface area contributed by atoms with E-state index in [1.54, 1.807) is 4.90 Å². The fourth-order valence-corrected chi connectivity index (χ4v) is 3.44. The molecule has 2 amide bonds. The van der Waals surface area contributed by atoms with E-state index in [4.69, 9.17) is 4.74 Å². The molecule has 2 heterocycles. The van der Waals surface area contributed by atoms with Crippen LogP contribution < -0.4 is 0 Å². The molecule has 6 heteroatoms. The van der Waals surface area contributed by atoms with Gasteiger partial charge in [-0.1, -0.05) is 38.1 Å². The molecule has 26 heavy (non-hydrogen) atoms. The third kappa shape index (κ3) is 4.75. The molecule has 2 aliphatic heterocycles. The summed E-state index contributed by atoms with van der Waals surface area (Å²) in [6, 6.07) is 8.84. The Morgan fingerprint density at radius 3 is 2.35 bits per heavy atom. The summed E-state index contributed by atoms with van der Waals surface area (Å²) >= 11 is 0. The number of rotatable bonds is 6. The van der Waals surface area contributed by atoms with Crippen LogP contribution in [0.2, 0.25) is 0 Å². The normalized spacial score (nSPS) is 18.5. The molecular weight excluding hydrogens is 330 g/mol. The Morgan fingerprint density at radius 1 is 1.08 bits per heavy atom. The maximum atomic E-state index is 12.4. The molecule has 6 nitrogen and oxygen atoms in total. The lowest BCUT2D eigenvalue weighted by Crippen LogP contribution is -2.48. The Morgan fingerprint density at radius 2 is 1.77 bits per heavy atom. The van der Waals surface area contributed by atoms with Crippen molar-refractivity contribution in [2.45, 2.75) is 32.7 Å². The van der Waals surface area contributed by atoms with Crippen LogP contribution in [-0.2, 0) is 16.1 Å². The summed E-state index contributed by atoms with van der Waals surface area (Å²) in [7, 11) is 0. The van der Waals surface area contributed by atoms with Crippen molar-refractivity contribution in [3.8, 4) is 0 Å². The second kappa shape index (κ2) is 8.54. The fourth-order valence-electron chi connectivity index (χ4n) is 3.44. The van der Waals surface area contributed by atoms with E-state index in [0.717, 1.165) is 32.7 Å². The molecule has 142 valence electrons. The molecule has 0 aromatic heterocycles. The highest BCUT2D eigenvalue weighted by molar-refractivity contribution is 5.77. The molecule has 0 unspecified atom stereocenters. The Hall–Kier alpha value is -2.08. The van der Waals surface area contributed by atoms with Crippen molar-refractivity contribution in [3.05, 3.63) is 35.4 Å². The Kier molecular flexibility index (Phi) is 6.14. The molecule has 2 saturated heterocycles. The van der Waals surface area contributed by atoms with Gasteiger partial charge in [-0.2, -0.15) is 0 Å². The molecule has 2 fully saturated rings. The van der Waals surface area contributed by atoms with Gasteiger partial charge >= 0.3 is 6.09 Å². The van der Waals surface area contributed by atoms with Crippen LogP contribution in [0.3, 0.4) is 0 Å². The molecule has 0 saturated carbocycles. The lowest BCUT2D eigenvalue weighted by Gasteiger charge is -2.35. The van der Waals surface area contributed by atoms with Gasteiger partial charge in [0, 0.05) is 45.7 Å². The predicted molar refractivity (Wildman–Crippen MR) is 99.9 cm³/mol. The van der Waals surface area contributed by atoms with Gasteiger partial charge in [-0.05, 0) is 17.0 Å². The van der Waals surface area contributed by atoms with Crippen LogP contribution in [0.25, 0.3) is 0 Å². The molecule has 0 atom stereocenters. The number of ether oxygens (including phenoxy) is 1. The quantitative estimate of drug-likeness (QED) is 0.782. The van der Waals surface area contributed by atoms with E-state index in [-0.39, 0.29) is 12.0 Å². The second-order valence-corrected chi connectivity index (χ2v) is 7.40. The lowest BCUT2D eigenvalue weighted by atomic mass is 10.0. The Balaban J connectivity index is 1.40. The van der Waals surface area contributed by atoms with E-state index in [9.17, 15) is 9.59 Å². The first kappa shape index (κ1) is 18.7. The number of amides is 2. The molecule has 1 aromatic rings. The van der Waals surface area contributed by atoms with E-state index in [1.165, 1.54) is 11.1 Å². The number of carbonyl (C=O) groups is 2. The SMILES string of the molecule is CC(C)c1ccc(CN2CCN(C(=O)CCN3CCOC3=O)CC2)cc1. The van der Waals surface area contributed by atoms with Gasteiger partial charge in [-0.3, -0.25) is 9.69 Å². The van der Waals surface area contributed by atoms with Crippen LogP contribution in [0.15, 0.2) is 24.3 Å². The molecular formula is C20H29N3O3. The number of benzene rings is 1. The summed E-state index contributed by atoms with van der Waals surface area (Å²) in [5, 5.41) is 0. The minimum Gasteiger partial charge on any atom is -0.448 e. The van der Waals surface area contributed by atoms with E-state index >= 15 is 0 Å². The number of piperazine rings is 1. The third-order valence-corrected chi connectivity index (χ3v) is 5.22. The maximum absolute atomic E-state index is 12.4. The standard InChI is InChI=1S/C20H29N3O3/c1-16(2)18-5-3-17(4-6-18)15-21-9-11-22(12-10-21)19(24)7-8-23-13-14-26-20(23)25/h3-6,16H,7-15H2,1-2H3. The molecule has 0 bridgehead atoms. The highest BCUT2D eigenvalue weighted by atomic mass is 16.6. The molecule has 0 radical (unpaired) electrons. The van der Waals surface area contributed by atoms with Crippen molar-refractivity contribution in [2.24, 2.45) is 0 Å². The molecule has 3 rings (SSSR count). The smallest absolute Gasteiger partial charge is 0.409 e. The summed E-state index contributed by atoms with van der Waals surface area (Å²) in [5.41, 5.74) is 2.69. The van der Waals surface area contributed by atoms with Crippen LogP contribution in [0.5, 0.6) is 0 Å². The number of cyclic esters (lactones) is 1. The van der Waals surface area contributed by atoms with Crippen molar-refractivity contribution in [1.29, 1.82) is 0 Å². The summed E-state index contributed by atoms with van der Waals surface area (Å²) in [4.78, 5) is 29.7. The fraction of sp³-hybridized carbons (Fsp3) is 0.600. The van der Waals surface area contributed by atoms with Crippen molar-refractivity contribution in [2.75, 3.05) is 45.9 Å². The highest BCUT2D eigenvalue weighted by Crippen LogP contribution is 2.16. The first-order valence-corrected chi connectivity index (χ1v) is 9.53. The molecule has 0 spiro atoms. The van der Waals surface area contributed by atoms with Gasteiger partial charge in [0.2, 0.25) is 5.91 Å². The topological polar surface area (TPSA) is 53.1 Å². The zero-order chi connectivity index (χ0) is 18.5. The summed E-state index contributed by atoms with van der Waals surface area (Å²) in [6.07, 6.45) is 0.0808. The van der Waals surface area contributed by atoms with E-state index in [2.05, 4.69) is 43.0 Å². The van der Waals surface area contributed by atoms with Crippen molar-refractivity contribution in [1.82, 2.24) is 14.7 Å². The zero-order valence-electron chi connectivity index (χ0n) is 15.8. The van der Waals surface area contributed by atoms with E-state index in [1.807, 2.05) is 4.90 Å². The van der Waals surface area contributed by atoms with Crippen molar-refractivity contribution >= 4 is 12.0 Å². The van der Waals surface area contributed by atoms with Gasteiger partial charge in [-0.25, -0.2) is 4.79 Å². The number of nitrogens with zero attached hydrogens (tertiary/aromatic N) is 3. The Labute approximate surface area is 155 Å². The minimum absolute atomic E-state index is 0.130. The maximum Gasteiger partial charge on any atom is 0.409 e. The van der Waals surface area contributed by atoms with E-state index in [0.29, 0.717) is 32.0 Å². The summed E-state index contributed by atoms with van der Waals surface area (Å²) in [6.45, 7) is 10.1. The van der Waals surface area contributed by atoms with Gasteiger partial charge in [0.1, 0.15) is 6.61 Å². The summed E-state index contributed by atoms with van der Waals surface area (Å²) < 4.78 is 4.89. The van der Waals surface area contributed by atoms with Gasteiger partial charge in [0.25, 0.3) is 0 Å². The molecule has 0 aliphatic carbocycles. The van der Waals surface area contributed by atoms with Crippen LogP contribution in [0.1, 0.15) is 37.3 Å². The van der Waals surface area contributed by atoms with Gasteiger partial charge in [0.15, 0.2) is 0 Å². The van der Waals surface area contributed by atoms with Crippen LogP contribution >= 0.6 is 0 Å². The average Bonchev–Trinajstić information content (AvgIpc) is 3.06. The van der Waals surface area contributed by atoms with Gasteiger partial charge in [-0.15, -0.1) is 0 Å². The van der Waals surface area contributed by atoms with Crippen molar-refractivity contribution in [3.63, 3.8) is 0 Å². The first-order chi connectivity index (χ1) is 12.5. The lowest BCUT2D eigenvalue weighted by molar-refractivity contribution is -0.133. The third-order valence-electron chi connectivity index (χ3n) is 5.22. The van der Waals surface area contributed by atoms with Crippen LogP contribution in [0, 0.1) is 0 Å². The number of hydrogen-bond acceptors (Lipinski definition) is 4. The predicted octanol–water partition coefficient (Wildman–Crippen LogP) is 2.30. The molecule has 0 N–H and O–H groups in total. The van der Waals surface area contributed by atoms with Crippen LogP contribution in [-0.4, -0.2) is 72.6 Å². The largest absolute Gasteiger partial charge is 0.448 e. The van der Waals surface area contributed by atoms with Crippen molar-refractivity contribution < 1.29 is 14.3 Å².